The van der Waals surface area contributed by atoms with Gasteiger partial charge in [-0.05, 0) is 36.4 Å². The van der Waals surface area contributed by atoms with Crippen molar-refractivity contribution in [2.75, 3.05) is 11.1 Å². The quantitative estimate of drug-likeness (QED) is 0.421. The number of thioether (sulfide) groups is 1. The van der Waals surface area contributed by atoms with Gasteiger partial charge in [0.2, 0.25) is 5.91 Å². The van der Waals surface area contributed by atoms with E-state index in [1.807, 2.05) is 41.0 Å². The molecule has 4 aromatic rings. The van der Waals surface area contributed by atoms with E-state index in [2.05, 4.69) is 30.0 Å². The third-order valence-electron chi connectivity index (χ3n) is 4.58. The maximum absolute atomic E-state index is 13.2. The number of hydrogen-bond donors (Lipinski definition) is 1. The Morgan fingerprint density at radius 1 is 1.03 bits per heavy atom. The number of aromatic nitrogens is 4. The number of anilines is 1. The summed E-state index contributed by atoms with van der Waals surface area (Å²) in [5, 5.41) is 11.7. The summed E-state index contributed by atoms with van der Waals surface area (Å²) >= 11 is 1.19. The molecule has 1 N–H and O–H groups in total. The fourth-order valence-electron chi connectivity index (χ4n) is 3.21. The van der Waals surface area contributed by atoms with Crippen molar-refractivity contribution in [2.45, 2.75) is 11.5 Å². The molecule has 0 aliphatic carbocycles. The highest BCUT2D eigenvalue weighted by atomic mass is 32.2. The summed E-state index contributed by atoms with van der Waals surface area (Å²) in [6.07, 6.45) is -0.355. The number of benzene rings is 2. The van der Waals surface area contributed by atoms with Crippen LogP contribution >= 0.6 is 11.8 Å². The third kappa shape index (κ3) is 4.48. The summed E-state index contributed by atoms with van der Waals surface area (Å²) < 4.78 is 37.0. The van der Waals surface area contributed by atoms with Gasteiger partial charge in [0, 0.05) is 35.4 Å². The number of carbonyl (C=O) groups is 1. The molecule has 0 saturated carbocycles. The predicted octanol–water partition coefficient (Wildman–Crippen LogP) is 4.38. The number of amides is 1. The second-order valence-electron chi connectivity index (χ2n) is 6.88. The first-order valence-corrected chi connectivity index (χ1v) is 10.7. The molecule has 33 heavy (non-hydrogen) atoms. The van der Waals surface area contributed by atoms with Gasteiger partial charge in [-0.2, -0.15) is 0 Å². The van der Waals surface area contributed by atoms with Crippen LogP contribution in [0.15, 0.2) is 78.2 Å². The van der Waals surface area contributed by atoms with Crippen molar-refractivity contribution in [3.8, 4) is 28.6 Å². The molecule has 1 aliphatic heterocycles. The molecule has 0 spiro atoms. The molecular weight excluding hydrogens is 452 g/mol. The molecule has 1 aliphatic rings. The lowest BCUT2D eigenvalue weighted by Gasteiger charge is -2.10. The minimum absolute atomic E-state index is 0.0165. The zero-order valence-corrected chi connectivity index (χ0v) is 17.6. The van der Waals surface area contributed by atoms with E-state index in [1.54, 1.807) is 18.5 Å². The van der Waals surface area contributed by atoms with E-state index >= 15 is 0 Å². The molecule has 11 heteroatoms. The first-order valence-electron chi connectivity index (χ1n) is 9.72. The highest BCUT2D eigenvalue weighted by molar-refractivity contribution is 7.99. The van der Waals surface area contributed by atoms with Crippen LogP contribution in [-0.4, -0.2) is 37.7 Å². The molecule has 3 heterocycles. The minimum atomic E-state index is -3.71. The molecule has 2 aromatic carbocycles. The summed E-state index contributed by atoms with van der Waals surface area (Å²) in [4.78, 5) is 16.7. The van der Waals surface area contributed by atoms with E-state index in [0.717, 1.165) is 11.3 Å². The van der Waals surface area contributed by atoms with Gasteiger partial charge in [-0.15, -0.1) is 19.0 Å². The van der Waals surface area contributed by atoms with Crippen LogP contribution in [0.5, 0.6) is 11.5 Å². The summed E-state index contributed by atoms with van der Waals surface area (Å²) in [5.41, 5.74) is 1.92. The second-order valence-corrected chi connectivity index (χ2v) is 7.83. The number of alkyl halides is 2. The SMILES string of the molecule is O=C(CSc1nnc(-c2cccnc2)n1-c1ccccc1)Nc1ccc2c(c1)OC(F)(F)O2. The minimum Gasteiger partial charge on any atom is -0.395 e. The lowest BCUT2D eigenvalue weighted by Crippen LogP contribution is -2.25. The maximum atomic E-state index is 13.2. The van der Waals surface area contributed by atoms with Crippen molar-refractivity contribution < 1.29 is 23.0 Å². The number of halogens is 2. The molecule has 0 unspecified atom stereocenters. The normalized spacial score (nSPS) is 13.6. The van der Waals surface area contributed by atoms with Crippen LogP contribution < -0.4 is 14.8 Å². The number of carbonyl (C=O) groups excluding carboxylic acids is 1. The molecule has 0 atom stereocenters. The number of rotatable bonds is 6. The number of para-hydroxylation sites is 1. The van der Waals surface area contributed by atoms with E-state index in [0.29, 0.717) is 16.7 Å². The number of nitrogens with zero attached hydrogens (tertiary/aromatic N) is 4. The Labute approximate surface area is 190 Å². The van der Waals surface area contributed by atoms with Crippen molar-refractivity contribution in [3.05, 3.63) is 73.1 Å². The highest BCUT2D eigenvalue weighted by Crippen LogP contribution is 2.42. The molecule has 166 valence electrons. The monoisotopic (exact) mass is 467 g/mol. The first kappa shape index (κ1) is 20.9. The molecule has 0 bridgehead atoms. The van der Waals surface area contributed by atoms with Crippen molar-refractivity contribution >= 4 is 23.4 Å². The molecule has 5 rings (SSSR count). The second kappa shape index (κ2) is 8.51. The topological polar surface area (TPSA) is 91.2 Å². The van der Waals surface area contributed by atoms with Gasteiger partial charge < -0.3 is 14.8 Å². The van der Waals surface area contributed by atoms with Crippen molar-refractivity contribution in [1.29, 1.82) is 0 Å². The lowest BCUT2D eigenvalue weighted by atomic mass is 10.2. The Bertz CT molecular complexity index is 1300. The Hall–Kier alpha value is -3.99. The first-order chi connectivity index (χ1) is 16.0. The molecule has 0 saturated heterocycles. The van der Waals surface area contributed by atoms with Crippen LogP contribution in [0.1, 0.15) is 0 Å². The summed E-state index contributed by atoms with van der Waals surface area (Å²) in [6.45, 7) is 0. The summed E-state index contributed by atoms with van der Waals surface area (Å²) in [6, 6.07) is 17.3. The number of pyridine rings is 1. The van der Waals surface area contributed by atoms with Crippen LogP contribution in [0.25, 0.3) is 17.1 Å². The molecule has 0 radical (unpaired) electrons. The van der Waals surface area contributed by atoms with Gasteiger partial charge in [-0.25, -0.2) is 0 Å². The number of nitrogens with one attached hydrogen (secondary N) is 1. The van der Waals surface area contributed by atoms with Gasteiger partial charge >= 0.3 is 6.29 Å². The van der Waals surface area contributed by atoms with Gasteiger partial charge in [0.05, 0.1) is 5.75 Å². The predicted molar refractivity (Wildman–Crippen MR) is 117 cm³/mol. The standard InChI is InChI=1S/C22H15F2N5O3S/c23-22(24)31-17-9-8-15(11-18(17)32-22)26-19(30)13-33-21-28-27-20(14-5-4-10-25-12-14)29(21)16-6-2-1-3-7-16/h1-12H,13H2,(H,26,30). The zero-order valence-electron chi connectivity index (χ0n) is 16.8. The Kier molecular flexibility index (Phi) is 5.38. The fraction of sp³-hybridized carbons (Fsp3) is 0.0909. The van der Waals surface area contributed by atoms with Crippen molar-refractivity contribution in [2.24, 2.45) is 0 Å². The van der Waals surface area contributed by atoms with Crippen LogP contribution in [0, 0.1) is 0 Å². The third-order valence-corrected chi connectivity index (χ3v) is 5.51. The Morgan fingerprint density at radius 3 is 2.64 bits per heavy atom. The van der Waals surface area contributed by atoms with Gasteiger partial charge in [0.1, 0.15) is 0 Å². The van der Waals surface area contributed by atoms with Crippen LogP contribution in [-0.2, 0) is 4.79 Å². The highest BCUT2D eigenvalue weighted by Gasteiger charge is 2.43. The Morgan fingerprint density at radius 2 is 1.85 bits per heavy atom. The van der Waals surface area contributed by atoms with Gasteiger partial charge in [0.25, 0.3) is 0 Å². The average Bonchev–Trinajstić information content (AvgIpc) is 3.38. The smallest absolute Gasteiger partial charge is 0.395 e. The molecule has 8 nitrogen and oxygen atoms in total. The molecular formula is C22H15F2N5O3S. The zero-order chi connectivity index (χ0) is 22.8. The Balaban J connectivity index is 1.33. The number of ether oxygens (including phenoxy) is 2. The van der Waals surface area contributed by atoms with Crippen molar-refractivity contribution in [1.82, 2.24) is 19.7 Å². The maximum Gasteiger partial charge on any atom is 0.586 e. The van der Waals surface area contributed by atoms with Gasteiger partial charge in [-0.1, -0.05) is 30.0 Å². The lowest BCUT2D eigenvalue weighted by molar-refractivity contribution is -0.286. The largest absolute Gasteiger partial charge is 0.586 e. The average molecular weight is 467 g/mol. The van der Waals surface area contributed by atoms with E-state index in [-0.39, 0.29) is 23.2 Å². The van der Waals surface area contributed by atoms with Crippen LogP contribution in [0.2, 0.25) is 0 Å². The molecule has 0 fully saturated rings. The fourth-order valence-corrected chi connectivity index (χ4v) is 3.96. The molecule has 2 aromatic heterocycles. The van der Waals surface area contributed by atoms with E-state index in [4.69, 9.17) is 0 Å². The van der Waals surface area contributed by atoms with Crippen LogP contribution in [0.4, 0.5) is 14.5 Å². The summed E-state index contributed by atoms with van der Waals surface area (Å²) in [7, 11) is 0. The van der Waals surface area contributed by atoms with Crippen molar-refractivity contribution in [3.63, 3.8) is 0 Å². The van der Waals surface area contributed by atoms with E-state index in [1.165, 1.54) is 30.0 Å². The summed E-state index contributed by atoms with van der Waals surface area (Å²) in [5.74, 6) is 0.0227. The van der Waals surface area contributed by atoms with Gasteiger partial charge in [0.15, 0.2) is 22.5 Å². The van der Waals surface area contributed by atoms with E-state index < -0.39 is 6.29 Å². The molecule has 1 amide bonds. The van der Waals surface area contributed by atoms with Gasteiger partial charge in [-0.3, -0.25) is 14.3 Å². The van der Waals surface area contributed by atoms with E-state index in [9.17, 15) is 13.6 Å². The van der Waals surface area contributed by atoms with Crippen LogP contribution in [0.3, 0.4) is 0 Å². The number of hydrogen-bond acceptors (Lipinski definition) is 7. The number of fused-ring (bicyclic) bond motifs is 1.